The number of anilines is 1. The number of morpholine rings is 1. The average molecular weight is 413 g/mol. The van der Waals surface area contributed by atoms with Gasteiger partial charge in [-0.3, -0.25) is 9.48 Å². The smallest absolute Gasteiger partial charge is 0.255 e. The number of carbonyl (C=O) groups excluding carboxylic acids is 1. The number of amides is 1. The lowest BCUT2D eigenvalue weighted by molar-refractivity contribution is 0.0951. The van der Waals surface area contributed by atoms with E-state index in [1.54, 1.807) is 13.2 Å². The number of hydrogen-bond donors (Lipinski definition) is 1. The van der Waals surface area contributed by atoms with Crippen LogP contribution in [0.4, 0.5) is 14.6 Å². The van der Waals surface area contributed by atoms with E-state index >= 15 is 0 Å². The van der Waals surface area contributed by atoms with E-state index in [0.29, 0.717) is 13.2 Å². The molecule has 3 heterocycles. The zero-order valence-corrected chi connectivity index (χ0v) is 16.4. The average Bonchev–Trinajstić information content (AvgIpc) is 3.14. The van der Waals surface area contributed by atoms with Gasteiger partial charge in [0, 0.05) is 56.3 Å². The molecule has 0 spiro atoms. The van der Waals surface area contributed by atoms with Crippen LogP contribution in [0.1, 0.15) is 15.9 Å². The second-order valence-corrected chi connectivity index (χ2v) is 6.96. The molecule has 1 N–H and O–H groups in total. The van der Waals surface area contributed by atoms with Crippen LogP contribution in [0.3, 0.4) is 0 Å². The number of rotatable bonds is 5. The predicted octanol–water partition coefficient (Wildman–Crippen LogP) is 2.53. The molecule has 9 heteroatoms. The van der Waals surface area contributed by atoms with E-state index < -0.39 is 17.5 Å². The van der Waals surface area contributed by atoms with Gasteiger partial charge in [-0.1, -0.05) is 6.07 Å². The Kier molecular flexibility index (Phi) is 5.71. The van der Waals surface area contributed by atoms with Gasteiger partial charge < -0.3 is 15.0 Å². The van der Waals surface area contributed by atoms with E-state index in [2.05, 4.69) is 20.3 Å². The number of nitrogens with zero attached hydrogens (tertiary/aromatic N) is 4. The lowest BCUT2D eigenvalue weighted by Gasteiger charge is -2.29. The molecule has 0 saturated carbocycles. The summed E-state index contributed by atoms with van der Waals surface area (Å²) in [5.41, 5.74) is 1.30. The number of ether oxygens (including phenoxy) is 1. The monoisotopic (exact) mass is 413 g/mol. The summed E-state index contributed by atoms with van der Waals surface area (Å²) in [6.07, 6.45) is 3.23. The van der Waals surface area contributed by atoms with Crippen LogP contribution in [0.2, 0.25) is 0 Å². The first kappa shape index (κ1) is 20.0. The summed E-state index contributed by atoms with van der Waals surface area (Å²) in [5.74, 6) is -1.06. The summed E-state index contributed by atoms with van der Waals surface area (Å²) in [6, 6.07) is 6.91. The normalized spacial score (nSPS) is 14.0. The van der Waals surface area contributed by atoms with E-state index in [-0.39, 0.29) is 23.4 Å². The Hall–Kier alpha value is -3.33. The van der Waals surface area contributed by atoms with Crippen molar-refractivity contribution in [3.63, 3.8) is 0 Å². The molecular formula is C21H21F2N5O2. The molecule has 0 radical (unpaired) electrons. The van der Waals surface area contributed by atoms with Gasteiger partial charge in [0.05, 0.1) is 18.8 Å². The van der Waals surface area contributed by atoms with Gasteiger partial charge in [-0.15, -0.1) is 0 Å². The molecule has 7 nitrogen and oxygen atoms in total. The highest BCUT2D eigenvalue weighted by molar-refractivity contribution is 5.99. The number of aromatic nitrogens is 3. The number of carbonyl (C=O) groups is 1. The Labute approximate surface area is 172 Å². The molecule has 1 fully saturated rings. The van der Waals surface area contributed by atoms with E-state index in [0.717, 1.165) is 36.6 Å². The Balaban J connectivity index is 1.55. The zero-order chi connectivity index (χ0) is 21.1. The Bertz CT molecular complexity index is 1060. The molecule has 4 rings (SSSR count). The van der Waals surface area contributed by atoms with Crippen molar-refractivity contribution in [2.45, 2.75) is 6.54 Å². The quantitative estimate of drug-likeness (QED) is 0.696. The second-order valence-electron chi connectivity index (χ2n) is 6.96. The van der Waals surface area contributed by atoms with Crippen LogP contribution in [-0.2, 0) is 18.3 Å². The molecule has 2 aromatic heterocycles. The van der Waals surface area contributed by atoms with Crippen LogP contribution in [0, 0.1) is 11.6 Å². The summed E-state index contributed by atoms with van der Waals surface area (Å²) in [4.78, 5) is 19.5. The zero-order valence-electron chi connectivity index (χ0n) is 16.4. The van der Waals surface area contributed by atoms with Gasteiger partial charge in [0.15, 0.2) is 0 Å². The van der Waals surface area contributed by atoms with Crippen molar-refractivity contribution >= 4 is 11.7 Å². The highest BCUT2D eigenvalue weighted by Gasteiger charge is 2.21. The molecular weight excluding hydrogens is 392 g/mol. The van der Waals surface area contributed by atoms with Gasteiger partial charge >= 0.3 is 0 Å². The number of halogens is 2. The molecule has 1 aromatic carbocycles. The predicted molar refractivity (Wildman–Crippen MR) is 107 cm³/mol. The maximum Gasteiger partial charge on any atom is 0.255 e. The molecule has 3 aromatic rings. The molecule has 1 amide bonds. The van der Waals surface area contributed by atoms with Crippen LogP contribution < -0.4 is 10.2 Å². The molecule has 1 saturated heterocycles. The minimum Gasteiger partial charge on any atom is -0.378 e. The number of aryl methyl sites for hydroxylation is 1. The molecule has 0 aliphatic carbocycles. The summed E-state index contributed by atoms with van der Waals surface area (Å²) in [6.45, 7) is 2.97. The summed E-state index contributed by atoms with van der Waals surface area (Å²) >= 11 is 0. The van der Waals surface area contributed by atoms with Crippen molar-refractivity contribution in [3.05, 3.63) is 65.5 Å². The van der Waals surface area contributed by atoms with Crippen LogP contribution >= 0.6 is 0 Å². The van der Waals surface area contributed by atoms with E-state index in [1.165, 1.54) is 16.9 Å². The minimum absolute atomic E-state index is 0.0672. The molecule has 156 valence electrons. The van der Waals surface area contributed by atoms with E-state index in [9.17, 15) is 13.6 Å². The topological polar surface area (TPSA) is 72.3 Å². The van der Waals surface area contributed by atoms with Crippen LogP contribution in [0.5, 0.6) is 0 Å². The van der Waals surface area contributed by atoms with Gasteiger partial charge in [0.2, 0.25) is 0 Å². The summed E-state index contributed by atoms with van der Waals surface area (Å²) < 4.78 is 34.3. The lowest BCUT2D eigenvalue weighted by Crippen LogP contribution is -2.37. The Morgan fingerprint density at radius 1 is 1.23 bits per heavy atom. The number of pyridine rings is 1. The summed E-state index contributed by atoms with van der Waals surface area (Å²) in [5, 5.41) is 7.06. The van der Waals surface area contributed by atoms with Gasteiger partial charge in [-0.05, 0) is 18.2 Å². The van der Waals surface area contributed by atoms with Crippen molar-refractivity contribution in [2.75, 3.05) is 31.2 Å². The number of benzene rings is 1. The van der Waals surface area contributed by atoms with Crippen molar-refractivity contribution in [3.8, 4) is 11.3 Å². The largest absolute Gasteiger partial charge is 0.378 e. The van der Waals surface area contributed by atoms with Crippen molar-refractivity contribution in [1.82, 2.24) is 20.1 Å². The maximum atomic E-state index is 14.3. The number of hydrogen-bond acceptors (Lipinski definition) is 5. The first-order valence-corrected chi connectivity index (χ1v) is 9.57. The van der Waals surface area contributed by atoms with Crippen molar-refractivity contribution < 1.29 is 18.3 Å². The van der Waals surface area contributed by atoms with Crippen LogP contribution in [0.15, 0.2) is 42.7 Å². The molecule has 1 aliphatic rings. The first-order valence-electron chi connectivity index (χ1n) is 9.57. The molecule has 0 unspecified atom stereocenters. The third-order valence-electron chi connectivity index (χ3n) is 4.88. The SMILES string of the molecule is Cn1cc(C(=O)NCc2cccnc2N2CCOCC2)c(-c2ccc(F)cc2F)n1. The number of nitrogens with one attached hydrogen (secondary N) is 1. The third-order valence-corrected chi connectivity index (χ3v) is 4.88. The molecule has 0 bridgehead atoms. The van der Waals surface area contributed by atoms with Gasteiger partial charge in [0.1, 0.15) is 23.1 Å². The fraction of sp³-hybridized carbons (Fsp3) is 0.286. The molecule has 1 aliphatic heterocycles. The van der Waals surface area contributed by atoms with E-state index in [1.807, 2.05) is 12.1 Å². The Morgan fingerprint density at radius 2 is 2.03 bits per heavy atom. The molecule has 30 heavy (non-hydrogen) atoms. The highest BCUT2D eigenvalue weighted by atomic mass is 19.1. The maximum absolute atomic E-state index is 14.3. The van der Waals surface area contributed by atoms with Crippen molar-refractivity contribution in [2.24, 2.45) is 7.05 Å². The summed E-state index contributed by atoms with van der Waals surface area (Å²) in [7, 11) is 1.64. The van der Waals surface area contributed by atoms with Gasteiger partial charge in [-0.25, -0.2) is 13.8 Å². The first-order chi connectivity index (χ1) is 14.5. The standard InChI is InChI=1S/C21H21F2N5O2/c1-27-13-17(19(26-27)16-5-4-15(22)11-18(16)23)21(29)25-12-14-3-2-6-24-20(14)28-7-9-30-10-8-28/h2-6,11,13H,7-10,12H2,1H3,(H,25,29). The highest BCUT2D eigenvalue weighted by Crippen LogP contribution is 2.26. The third kappa shape index (κ3) is 4.16. The lowest BCUT2D eigenvalue weighted by atomic mass is 10.1. The van der Waals surface area contributed by atoms with Crippen LogP contribution in [0.25, 0.3) is 11.3 Å². The minimum atomic E-state index is -0.774. The van der Waals surface area contributed by atoms with Gasteiger partial charge in [-0.2, -0.15) is 5.10 Å². The second kappa shape index (κ2) is 8.58. The van der Waals surface area contributed by atoms with Crippen LogP contribution in [-0.4, -0.2) is 47.0 Å². The molecule has 0 atom stereocenters. The fourth-order valence-electron chi connectivity index (χ4n) is 3.43. The van der Waals surface area contributed by atoms with Crippen molar-refractivity contribution in [1.29, 1.82) is 0 Å². The van der Waals surface area contributed by atoms with E-state index in [4.69, 9.17) is 4.74 Å². The Morgan fingerprint density at radius 3 is 2.80 bits per heavy atom. The fourth-order valence-corrected chi connectivity index (χ4v) is 3.43. The van der Waals surface area contributed by atoms with Gasteiger partial charge in [0.25, 0.3) is 5.91 Å².